The van der Waals surface area contributed by atoms with Crippen LogP contribution in [0.3, 0.4) is 0 Å². The van der Waals surface area contributed by atoms with Crippen LogP contribution in [0.4, 0.5) is 10.5 Å². The van der Waals surface area contributed by atoms with E-state index in [0.29, 0.717) is 11.3 Å². The van der Waals surface area contributed by atoms with Crippen molar-refractivity contribution in [2.24, 2.45) is 0 Å². The Hall–Kier alpha value is -3.68. The molecule has 29 heavy (non-hydrogen) atoms. The van der Waals surface area contributed by atoms with Crippen LogP contribution in [0.15, 0.2) is 42.5 Å². The molecule has 2 aromatic rings. The van der Waals surface area contributed by atoms with Crippen LogP contribution in [-0.2, 0) is 14.3 Å². The summed E-state index contributed by atoms with van der Waals surface area (Å²) in [6.07, 6.45) is 0. The van der Waals surface area contributed by atoms with Crippen molar-refractivity contribution in [2.45, 2.75) is 20.8 Å². The van der Waals surface area contributed by atoms with Crippen molar-refractivity contribution in [2.75, 3.05) is 18.5 Å². The SMILES string of the molecule is Cc1cccc(C(=O)NCC(=O)OCC(=O)NC(=O)Nc2ccc(C)cc2C)c1. The molecule has 0 heterocycles. The lowest BCUT2D eigenvalue weighted by molar-refractivity contribution is -0.147. The number of aryl methyl sites for hydroxylation is 3. The number of esters is 1. The molecule has 8 heteroatoms. The highest BCUT2D eigenvalue weighted by Crippen LogP contribution is 2.15. The Morgan fingerprint density at radius 2 is 1.66 bits per heavy atom. The summed E-state index contributed by atoms with van der Waals surface area (Å²) in [6, 6.07) is 11.6. The fourth-order valence-corrected chi connectivity index (χ4v) is 2.51. The number of anilines is 1. The second kappa shape index (κ2) is 10.0. The highest BCUT2D eigenvalue weighted by Gasteiger charge is 2.13. The van der Waals surface area contributed by atoms with Gasteiger partial charge in [0.25, 0.3) is 11.8 Å². The highest BCUT2D eigenvalue weighted by atomic mass is 16.5. The lowest BCUT2D eigenvalue weighted by atomic mass is 10.1. The molecule has 0 aliphatic heterocycles. The molecule has 0 aromatic heterocycles. The molecule has 2 aromatic carbocycles. The van der Waals surface area contributed by atoms with E-state index in [1.165, 1.54) is 0 Å². The highest BCUT2D eigenvalue weighted by molar-refractivity contribution is 6.02. The molecule has 4 amide bonds. The number of rotatable bonds is 6. The minimum atomic E-state index is -0.795. The molecule has 0 saturated carbocycles. The molecule has 0 radical (unpaired) electrons. The molecular weight excluding hydrogens is 374 g/mol. The van der Waals surface area contributed by atoms with Gasteiger partial charge in [-0.05, 0) is 44.5 Å². The summed E-state index contributed by atoms with van der Waals surface area (Å²) in [6.45, 7) is 4.57. The van der Waals surface area contributed by atoms with Crippen LogP contribution in [-0.4, -0.2) is 37.0 Å². The number of benzene rings is 2. The Morgan fingerprint density at radius 1 is 0.931 bits per heavy atom. The molecule has 2 rings (SSSR count). The largest absolute Gasteiger partial charge is 0.454 e. The molecular formula is C21H23N3O5. The van der Waals surface area contributed by atoms with Crippen LogP contribution in [0.5, 0.6) is 0 Å². The molecule has 0 aliphatic rings. The summed E-state index contributed by atoms with van der Waals surface area (Å²) >= 11 is 0. The summed E-state index contributed by atoms with van der Waals surface area (Å²) in [4.78, 5) is 47.3. The van der Waals surface area contributed by atoms with Crippen molar-refractivity contribution in [1.29, 1.82) is 0 Å². The Morgan fingerprint density at radius 3 is 2.34 bits per heavy atom. The number of urea groups is 1. The van der Waals surface area contributed by atoms with Crippen LogP contribution in [0.2, 0.25) is 0 Å². The number of carbonyl (C=O) groups is 4. The number of ether oxygens (including phenoxy) is 1. The van der Waals surface area contributed by atoms with Gasteiger partial charge in [0.05, 0.1) is 0 Å². The maximum absolute atomic E-state index is 12.0. The first kappa shape index (κ1) is 21.6. The van der Waals surface area contributed by atoms with Crippen LogP contribution >= 0.6 is 0 Å². The van der Waals surface area contributed by atoms with Gasteiger partial charge in [0, 0.05) is 11.3 Å². The van der Waals surface area contributed by atoms with Crippen LogP contribution in [0, 0.1) is 20.8 Å². The molecule has 3 N–H and O–H groups in total. The van der Waals surface area contributed by atoms with E-state index >= 15 is 0 Å². The van der Waals surface area contributed by atoms with Crippen molar-refractivity contribution in [1.82, 2.24) is 10.6 Å². The third kappa shape index (κ3) is 7.10. The zero-order valence-electron chi connectivity index (χ0n) is 16.5. The minimum absolute atomic E-state index is 0.394. The van der Waals surface area contributed by atoms with Gasteiger partial charge in [-0.25, -0.2) is 4.79 Å². The van der Waals surface area contributed by atoms with Crippen molar-refractivity contribution in [3.05, 3.63) is 64.7 Å². The Balaban J connectivity index is 1.71. The monoisotopic (exact) mass is 397 g/mol. The first-order valence-corrected chi connectivity index (χ1v) is 8.93. The average molecular weight is 397 g/mol. The number of hydrogen-bond donors (Lipinski definition) is 3. The fraction of sp³-hybridized carbons (Fsp3) is 0.238. The first-order chi connectivity index (χ1) is 13.7. The van der Waals surface area contributed by atoms with Gasteiger partial charge in [-0.3, -0.25) is 19.7 Å². The van der Waals surface area contributed by atoms with Crippen molar-refractivity contribution in [3.63, 3.8) is 0 Å². The molecule has 0 unspecified atom stereocenters. The van der Waals surface area contributed by atoms with E-state index in [1.807, 2.05) is 39.0 Å². The second-order valence-electron chi connectivity index (χ2n) is 6.53. The Bertz CT molecular complexity index is 940. The molecule has 152 valence electrons. The molecule has 0 saturated heterocycles. The number of imide groups is 1. The fourth-order valence-electron chi connectivity index (χ4n) is 2.51. The summed E-state index contributed by atoms with van der Waals surface area (Å²) in [7, 11) is 0. The summed E-state index contributed by atoms with van der Waals surface area (Å²) in [5.74, 6) is -2.01. The minimum Gasteiger partial charge on any atom is -0.454 e. The number of amides is 4. The van der Waals surface area contributed by atoms with Gasteiger partial charge in [-0.2, -0.15) is 0 Å². The zero-order valence-corrected chi connectivity index (χ0v) is 16.5. The molecule has 0 bridgehead atoms. The standard InChI is InChI=1S/C21H23N3O5/c1-13-5-4-6-16(10-13)20(27)22-11-19(26)29-12-18(25)24-21(28)23-17-8-7-14(2)9-15(17)3/h4-10H,11-12H2,1-3H3,(H,22,27)(H2,23,24,25,28). The number of hydrogen-bond acceptors (Lipinski definition) is 5. The molecule has 8 nitrogen and oxygen atoms in total. The van der Waals surface area contributed by atoms with E-state index in [9.17, 15) is 19.2 Å². The average Bonchev–Trinajstić information content (AvgIpc) is 2.66. The second-order valence-corrected chi connectivity index (χ2v) is 6.53. The molecule has 0 aliphatic carbocycles. The maximum Gasteiger partial charge on any atom is 0.325 e. The lowest BCUT2D eigenvalue weighted by Gasteiger charge is -2.10. The van der Waals surface area contributed by atoms with Gasteiger partial charge in [-0.1, -0.05) is 35.4 Å². The Labute approximate surface area is 168 Å². The van der Waals surface area contributed by atoms with Crippen LogP contribution in [0.25, 0.3) is 0 Å². The van der Waals surface area contributed by atoms with E-state index in [2.05, 4.69) is 16.0 Å². The first-order valence-electron chi connectivity index (χ1n) is 8.93. The van der Waals surface area contributed by atoms with Crippen LogP contribution in [0.1, 0.15) is 27.0 Å². The van der Waals surface area contributed by atoms with E-state index < -0.39 is 37.0 Å². The summed E-state index contributed by atoms with van der Waals surface area (Å²) < 4.78 is 4.76. The van der Waals surface area contributed by atoms with Crippen molar-refractivity contribution in [3.8, 4) is 0 Å². The number of carbonyl (C=O) groups excluding carboxylic acids is 4. The van der Waals surface area contributed by atoms with E-state index in [1.54, 1.807) is 24.3 Å². The van der Waals surface area contributed by atoms with Gasteiger partial charge in [0.15, 0.2) is 6.61 Å². The van der Waals surface area contributed by atoms with E-state index in [-0.39, 0.29) is 0 Å². The third-order valence-corrected chi connectivity index (χ3v) is 3.92. The normalized spacial score (nSPS) is 10.0. The summed E-state index contributed by atoms with van der Waals surface area (Å²) in [5, 5.41) is 7.03. The van der Waals surface area contributed by atoms with Gasteiger partial charge < -0.3 is 15.4 Å². The zero-order chi connectivity index (χ0) is 21.4. The predicted molar refractivity (Wildman–Crippen MR) is 108 cm³/mol. The summed E-state index contributed by atoms with van der Waals surface area (Å²) in [5.41, 5.74) is 3.79. The molecule has 0 atom stereocenters. The van der Waals surface area contributed by atoms with Crippen molar-refractivity contribution < 1.29 is 23.9 Å². The predicted octanol–water partition coefficient (Wildman–Crippen LogP) is 2.23. The van der Waals surface area contributed by atoms with Gasteiger partial charge >= 0.3 is 12.0 Å². The molecule has 0 spiro atoms. The van der Waals surface area contributed by atoms with E-state index in [0.717, 1.165) is 16.7 Å². The van der Waals surface area contributed by atoms with Gasteiger partial charge in [0.1, 0.15) is 6.54 Å². The smallest absolute Gasteiger partial charge is 0.325 e. The van der Waals surface area contributed by atoms with E-state index in [4.69, 9.17) is 4.74 Å². The lowest BCUT2D eigenvalue weighted by Crippen LogP contribution is -2.38. The van der Waals surface area contributed by atoms with Crippen LogP contribution < -0.4 is 16.0 Å². The van der Waals surface area contributed by atoms with Crippen molar-refractivity contribution >= 4 is 29.5 Å². The quantitative estimate of drug-likeness (QED) is 0.647. The van der Waals surface area contributed by atoms with Gasteiger partial charge in [-0.15, -0.1) is 0 Å². The third-order valence-electron chi connectivity index (χ3n) is 3.92. The molecule has 0 fully saturated rings. The number of nitrogens with one attached hydrogen (secondary N) is 3. The maximum atomic E-state index is 12.0. The Kier molecular flexibility index (Phi) is 7.47. The topological polar surface area (TPSA) is 114 Å². The van der Waals surface area contributed by atoms with Gasteiger partial charge in [0.2, 0.25) is 0 Å².